The van der Waals surface area contributed by atoms with E-state index in [1.165, 1.54) is 41.7 Å². The zero-order valence-corrected chi connectivity index (χ0v) is 25.7. The highest BCUT2D eigenvalue weighted by Gasteiger charge is 2.41. The zero-order valence-electron chi connectivity index (χ0n) is 24.9. The van der Waals surface area contributed by atoms with Gasteiger partial charge in [-0.1, -0.05) is 48.0 Å². The Labute approximate surface area is 256 Å². The largest absolute Gasteiger partial charge is 0.495 e. The molecule has 1 aliphatic rings. The lowest BCUT2D eigenvalue weighted by molar-refractivity contribution is -0.117. The number of aromatic nitrogens is 2. The molecule has 1 amide bonds. The Kier molecular flexibility index (Phi) is 8.81. The summed E-state index contributed by atoms with van der Waals surface area (Å²) in [5.74, 6) is -0.948. The lowest BCUT2D eigenvalue weighted by Crippen LogP contribution is -2.47. The highest BCUT2D eigenvalue weighted by molar-refractivity contribution is 7.90. The molecule has 0 spiro atoms. The van der Waals surface area contributed by atoms with Crippen LogP contribution < -0.4 is 10.1 Å². The van der Waals surface area contributed by atoms with Crippen molar-refractivity contribution in [2.75, 3.05) is 26.1 Å². The summed E-state index contributed by atoms with van der Waals surface area (Å²) in [6.07, 6.45) is 3.66. The Bertz CT molecular complexity index is 1850. The van der Waals surface area contributed by atoms with Crippen molar-refractivity contribution in [1.82, 2.24) is 14.1 Å². The summed E-state index contributed by atoms with van der Waals surface area (Å²) >= 11 is 0. The van der Waals surface area contributed by atoms with Crippen LogP contribution in [-0.4, -0.2) is 61.0 Å². The number of carbonyl (C=O) groups is 2. The van der Waals surface area contributed by atoms with Gasteiger partial charge in [0, 0.05) is 12.7 Å². The Hall–Kier alpha value is -4.97. The van der Waals surface area contributed by atoms with Crippen LogP contribution in [0.2, 0.25) is 0 Å². The van der Waals surface area contributed by atoms with Crippen LogP contribution in [0, 0.1) is 13.8 Å². The second-order valence-electron chi connectivity index (χ2n) is 10.3. The van der Waals surface area contributed by atoms with Crippen LogP contribution in [0.25, 0.3) is 0 Å². The molecule has 1 aliphatic heterocycles. The number of aliphatic imine (C=N–C) groups is 1. The van der Waals surface area contributed by atoms with Crippen LogP contribution in [-0.2, 0) is 26.0 Å². The molecule has 228 valence electrons. The molecule has 1 N–H and O–H groups in total. The number of anilines is 1. The lowest BCUT2D eigenvalue weighted by Gasteiger charge is -2.33. The van der Waals surface area contributed by atoms with Crippen LogP contribution >= 0.6 is 0 Å². The van der Waals surface area contributed by atoms with E-state index >= 15 is 0 Å². The number of rotatable bonds is 10. The van der Waals surface area contributed by atoms with E-state index in [-0.39, 0.29) is 28.5 Å². The quantitative estimate of drug-likeness (QED) is 0.253. The van der Waals surface area contributed by atoms with Crippen LogP contribution in [0.3, 0.4) is 0 Å². The number of hydrogen-bond donors (Lipinski definition) is 1. The minimum atomic E-state index is -4.12. The number of benzene rings is 3. The number of nitrogens with zero attached hydrogens (tertiary/aromatic N) is 4. The number of aryl methyl sites for hydroxylation is 3. The first-order chi connectivity index (χ1) is 21.1. The fraction of sp³-hybridized carbons (Fsp3) is 0.250. The van der Waals surface area contributed by atoms with Gasteiger partial charge in [-0.15, -0.1) is 0 Å². The van der Waals surface area contributed by atoms with E-state index in [9.17, 15) is 18.0 Å². The van der Waals surface area contributed by atoms with Gasteiger partial charge in [0.1, 0.15) is 10.6 Å². The van der Waals surface area contributed by atoms with Gasteiger partial charge in [-0.25, -0.2) is 18.2 Å². The third-order valence-electron chi connectivity index (χ3n) is 7.37. The topological polar surface area (TPSA) is 132 Å². The summed E-state index contributed by atoms with van der Waals surface area (Å²) in [6.45, 7) is 4.10. The van der Waals surface area contributed by atoms with Gasteiger partial charge in [-0.3, -0.25) is 13.8 Å². The molecule has 0 saturated carbocycles. The maximum atomic E-state index is 14.1. The Balaban J connectivity index is 1.59. The summed E-state index contributed by atoms with van der Waals surface area (Å²) < 4.78 is 40.9. The van der Waals surface area contributed by atoms with E-state index in [1.807, 2.05) is 26.0 Å². The molecule has 0 aliphatic carbocycles. The number of sulfonamides is 1. The fourth-order valence-electron chi connectivity index (χ4n) is 5.17. The van der Waals surface area contributed by atoms with Crippen LogP contribution in [0.5, 0.6) is 5.75 Å². The molecule has 0 fully saturated rings. The van der Waals surface area contributed by atoms with Gasteiger partial charge in [-0.2, -0.15) is 5.10 Å². The van der Waals surface area contributed by atoms with Crippen molar-refractivity contribution < 1.29 is 27.5 Å². The van der Waals surface area contributed by atoms with Crippen molar-refractivity contribution in [2.24, 2.45) is 4.99 Å². The SMILES string of the molecule is COC(=O)c1cnn(C(C(=O)Nc2ccccc2OC)C2=Nc3ccccc3S(=O)(=O)N2CCCc2ccc(C)cc2C)c1. The minimum absolute atomic E-state index is 0.0369. The zero-order chi connectivity index (χ0) is 31.4. The van der Waals surface area contributed by atoms with Crippen LogP contribution in [0.15, 0.2) is 89.0 Å². The molecule has 12 heteroatoms. The number of carbonyl (C=O) groups excluding carboxylic acids is 2. The van der Waals surface area contributed by atoms with Crippen LogP contribution in [0.1, 0.15) is 39.5 Å². The first kappa shape index (κ1) is 30.5. The number of fused-ring (bicyclic) bond motifs is 1. The first-order valence-electron chi connectivity index (χ1n) is 14.0. The predicted molar refractivity (Wildman–Crippen MR) is 166 cm³/mol. The standard InChI is InChI=1S/C32H33N5O6S/c1-21-15-16-23(22(2)18-21)10-9-17-37-30(34-26-12-6-8-14-28(26)44(37,40)41)29(36-20-24(19-33-36)32(39)43-4)31(38)35-25-11-5-7-13-27(25)42-3/h5-8,11-16,18-20,29H,9-10,17H2,1-4H3,(H,35,38). The molecule has 0 radical (unpaired) electrons. The molecule has 44 heavy (non-hydrogen) atoms. The summed E-state index contributed by atoms with van der Waals surface area (Å²) in [5, 5.41) is 7.11. The number of amidine groups is 1. The molecule has 1 atom stereocenters. The molecule has 1 unspecified atom stereocenters. The molecule has 0 saturated heterocycles. The second kappa shape index (κ2) is 12.7. The monoisotopic (exact) mass is 615 g/mol. The Morgan fingerprint density at radius 3 is 2.50 bits per heavy atom. The highest BCUT2D eigenvalue weighted by atomic mass is 32.2. The van der Waals surface area contributed by atoms with Gasteiger partial charge in [0.2, 0.25) is 0 Å². The first-order valence-corrected chi connectivity index (χ1v) is 15.4. The fourth-order valence-corrected chi connectivity index (χ4v) is 6.79. The molecule has 2 heterocycles. The van der Waals surface area contributed by atoms with Gasteiger partial charge in [0.25, 0.3) is 15.9 Å². The molecule has 4 aromatic rings. The van der Waals surface area contributed by atoms with E-state index in [2.05, 4.69) is 16.5 Å². The summed E-state index contributed by atoms with van der Waals surface area (Å²) in [6, 6.07) is 18.0. The molecule has 0 bridgehead atoms. The smallest absolute Gasteiger partial charge is 0.341 e. The minimum Gasteiger partial charge on any atom is -0.495 e. The molecule has 3 aromatic carbocycles. The van der Waals surface area contributed by atoms with Gasteiger partial charge < -0.3 is 14.8 Å². The highest BCUT2D eigenvalue weighted by Crippen LogP contribution is 2.36. The van der Waals surface area contributed by atoms with Crippen LogP contribution in [0.4, 0.5) is 11.4 Å². The number of nitrogens with one attached hydrogen (secondary N) is 1. The van der Waals surface area contributed by atoms with Gasteiger partial charge in [-0.05, 0) is 62.1 Å². The molecular formula is C32H33N5O6S. The third kappa shape index (κ3) is 6.06. The second-order valence-corrected chi connectivity index (χ2v) is 12.2. The number of hydrogen-bond acceptors (Lipinski definition) is 8. The van der Waals surface area contributed by atoms with Gasteiger partial charge in [0.05, 0.1) is 37.4 Å². The molecular weight excluding hydrogens is 582 g/mol. The normalized spacial score (nSPS) is 14.3. The number of ether oxygens (including phenoxy) is 2. The van der Waals surface area contributed by atoms with E-state index in [4.69, 9.17) is 14.5 Å². The average Bonchev–Trinajstić information content (AvgIpc) is 3.49. The van der Waals surface area contributed by atoms with E-state index in [1.54, 1.807) is 42.5 Å². The van der Waals surface area contributed by atoms with E-state index in [0.29, 0.717) is 24.3 Å². The number of methoxy groups -OCH3 is 2. The Morgan fingerprint density at radius 1 is 1.00 bits per heavy atom. The maximum absolute atomic E-state index is 14.1. The predicted octanol–water partition coefficient (Wildman–Crippen LogP) is 4.84. The number of esters is 1. The summed E-state index contributed by atoms with van der Waals surface area (Å²) in [7, 11) is -1.41. The molecule has 11 nitrogen and oxygen atoms in total. The maximum Gasteiger partial charge on any atom is 0.341 e. The molecule has 1 aromatic heterocycles. The average molecular weight is 616 g/mol. The van der Waals surface area contributed by atoms with Crippen molar-refractivity contribution in [3.8, 4) is 5.75 Å². The molecule has 5 rings (SSSR count). The van der Waals surface area contributed by atoms with Crippen molar-refractivity contribution in [3.63, 3.8) is 0 Å². The summed E-state index contributed by atoms with van der Waals surface area (Å²) in [4.78, 5) is 31.2. The Morgan fingerprint density at radius 2 is 1.75 bits per heavy atom. The van der Waals surface area contributed by atoms with Crippen molar-refractivity contribution >= 4 is 39.1 Å². The lowest BCUT2D eigenvalue weighted by atomic mass is 10.0. The third-order valence-corrected chi connectivity index (χ3v) is 9.23. The van der Waals surface area contributed by atoms with Crippen molar-refractivity contribution in [3.05, 3.63) is 101 Å². The van der Waals surface area contributed by atoms with E-state index in [0.717, 1.165) is 16.7 Å². The van der Waals surface area contributed by atoms with E-state index < -0.39 is 27.9 Å². The van der Waals surface area contributed by atoms with Gasteiger partial charge >= 0.3 is 5.97 Å². The van der Waals surface area contributed by atoms with Crippen molar-refractivity contribution in [2.45, 2.75) is 37.6 Å². The summed E-state index contributed by atoms with van der Waals surface area (Å²) in [5.41, 5.74) is 4.01. The number of amides is 1. The number of para-hydroxylation sites is 3. The van der Waals surface area contributed by atoms with Gasteiger partial charge in [0.15, 0.2) is 11.9 Å². The van der Waals surface area contributed by atoms with Crippen molar-refractivity contribution in [1.29, 1.82) is 0 Å².